The quantitative estimate of drug-likeness (QED) is 0.778. The average molecular weight is 270 g/mol. The van der Waals surface area contributed by atoms with Crippen LogP contribution in [0.25, 0.3) is 12.3 Å². The summed E-state index contributed by atoms with van der Waals surface area (Å²) in [7, 11) is 0. The maximum Gasteiger partial charge on any atom is 0.137 e. The number of allylic oxidation sites excluding steroid dienone is 2. The maximum atomic E-state index is 4.72. The lowest BCUT2D eigenvalue weighted by atomic mass is 10.1. The van der Waals surface area contributed by atoms with E-state index in [4.69, 9.17) is 4.99 Å². The topological polar surface area (TPSA) is 15.6 Å². The minimum Gasteiger partial charge on any atom is -0.308 e. The van der Waals surface area contributed by atoms with Crippen LogP contribution >= 0.6 is 0 Å². The first kappa shape index (κ1) is 11.9. The summed E-state index contributed by atoms with van der Waals surface area (Å²) < 4.78 is 0. The van der Waals surface area contributed by atoms with E-state index in [-0.39, 0.29) is 0 Å². The molecule has 4 rings (SSSR count). The molecule has 2 aliphatic rings. The zero-order chi connectivity index (χ0) is 14.1. The van der Waals surface area contributed by atoms with Crippen LogP contribution in [0.1, 0.15) is 5.56 Å². The van der Waals surface area contributed by atoms with Crippen molar-refractivity contribution in [2.24, 2.45) is 4.99 Å². The van der Waals surface area contributed by atoms with Gasteiger partial charge in [-0.15, -0.1) is 0 Å². The number of benzene rings is 2. The van der Waals surface area contributed by atoms with Crippen LogP contribution in [0.2, 0.25) is 0 Å². The largest absolute Gasteiger partial charge is 0.308 e. The molecular formula is C19H14N2. The molecule has 2 nitrogen and oxygen atoms in total. The van der Waals surface area contributed by atoms with Crippen molar-refractivity contribution < 1.29 is 0 Å². The SMILES string of the molecule is C1=CC2=Nc3ccc/c(=C\c4ccccc4)c3=CN2C=C1. The van der Waals surface area contributed by atoms with Gasteiger partial charge in [0.2, 0.25) is 0 Å². The third-order valence-corrected chi connectivity index (χ3v) is 3.61. The van der Waals surface area contributed by atoms with Crippen LogP contribution in [0.5, 0.6) is 0 Å². The van der Waals surface area contributed by atoms with Gasteiger partial charge in [-0.25, -0.2) is 4.99 Å². The van der Waals surface area contributed by atoms with Gasteiger partial charge in [0.15, 0.2) is 0 Å². The summed E-state index contributed by atoms with van der Waals surface area (Å²) in [6.07, 6.45) is 12.4. The second-order valence-corrected chi connectivity index (χ2v) is 5.04. The number of hydrogen-bond acceptors (Lipinski definition) is 2. The predicted octanol–water partition coefficient (Wildman–Crippen LogP) is 2.68. The van der Waals surface area contributed by atoms with Crippen LogP contribution in [0.3, 0.4) is 0 Å². The normalized spacial score (nSPS) is 16.1. The third kappa shape index (κ3) is 2.21. The fourth-order valence-electron chi connectivity index (χ4n) is 2.58. The number of amidine groups is 1. The summed E-state index contributed by atoms with van der Waals surface area (Å²) in [6.45, 7) is 0. The molecule has 0 fully saturated rings. The number of nitrogens with zero attached hydrogens (tertiary/aromatic N) is 2. The van der Waals surface area contributed by atoms with Crippen LogP contribution < -0.4 is 10.4 Å². The average Bonchev–Trinajstić information content (AvgIpc) is 2.54. The van der Waals surface area contributed by atoms with Gasteiger partial charge >= 0.3 is 0 Å². The molecule has 0 aliphatic carbocycles. The lowest BCUT2D eigenvalue weighted by Crippen LogP contribution is -2.34. The zero-order valence-corrected chi connectivity index (χ0v) is 11.5. The zero-order valence-electron chi connectivity index (χ0n) is 11.5. The Morgan fingerprint density at radius 1 is 0.905 bits per heavy atom. The summed E-state index contributed by atoms with van der Waals surface area (Å²) in [5.41, 5.74) is 2.22. The number of aliphatic imine (C=N–C) groups is 1. The van der Waals surface area contributed by atoms with Crippen molar-refractivity contribution in [1.82, 2.24) is 4.90 Å². The third-order valence-electron chi connectivity index (χ3n) is 3.61. The Morgan fingerprint density at radius 2 is 1.81 bits per heavy atom. The van der Waals surface area contributed by atoms with Gasteiger partial charge in [0.1, 0.15) is 5.84 Å². The minimum absolute atomic E-state index is 0.960. The molecule has 0 atom stereocenters. The van der Waals surface area contributed by atoms with Crippen molar-refractivity contribution in [1.29, 1.82) is 0 Å². The van der Waals surface area contributed by atoms with E-state index in [9.17, 15) is 0 Å². The minimum atomic E-state index is 0.960. The highest BCUT2D eigenvalue weighted by Crippen LogP contribution is 2.14. The van der Waals surface area contributed by atoms with Gasteiger partial charge in [0.25, 0.3) is 0 Å². The van der Waals surface area contributed by atoms with Gasteiger partial charge in [-0.1, -0.05) is 48.5 Å². The van der Waals surface area contributed by atoms with Gasteiger partial charge in [-0.05, 0) is 35.1 Å². The van der Waals surface area contributed by atoms with Crippen molar-refractivity contribution in [3.63, 3.8) is 0 Å². The smallest absolute Gasteiger partial charge is 0.137 e. The number of rotatable bonds is 1. The Hall–Kier alpha value is -2.87. The summed E-state index contributed by atoms with van der Waals surface area (Å²) >= 11 is 0. The molecule has 2 aromatic rings. The molecule has 0 amide bonds. The second-order valence-electron chi connectivity index (χ2n) is 5.04. The molecule has 0 radical (unpaired) electrons. The Morgan fingerprint density at radius 3 is 2.71 bits per heavy atom. The second kappa shape index (κ2) is 4.91. The molecule has 2 heteroatoms. The highest BCUT2D eigenvalue weighted by atomic mass is 15.2. The predicted molar refractivity (Wildman–Crippen MR) is 87.4 cm³/mol. The molecular weight excluding hydrogens is 256 g/mol. The summed E-state index contributed by atoms with van der Waals surface area (Å²) in [4.78, 5) is 6.78. The lowest BCUT2D eigenvalue weighted by molar-refractivity contribution is 0.810. The van der Waals surface area contributed by atoms with Crippen LogP contribution in [0.15, 0.2) is 78.0 Å². The molecule has 0 aromatic heterocycles. The standard InChI is InChI=1S/C19H14N2/c1-2-7-15(8-3-1)13-16-9-6-10-18-17(16)14-21-12-5-4-11-19(21)20-18/h1-14H/b16-13+. The lowest BCUT2D eigenvalue weighted by Gasteiger charge is -2.21. The molecule has 0 unspecified atom stereocenters. The van der Waals surface area contributed by atoms with E-state index in [2.05, 4.69) is 59.6 Å². The van der Waals surface area contributed by atoms with E-state index >= 15 is 0 Å². The molecule has 0 saturated carbocycles. The van der Waals surface area contributed by atoms with E-state index in [1.807, 2.05) is 30.5 Å². The van der Waals surface area contributed by atoms with Crippen molar-refractivity contribution in [3.05, 3.63) is 89.0 Å². The van der Waals surface area contributed by atoms with E-state index in [0.29, 0.717) is 0 Å². The molecule has 100 valence electrons. The van der Waals surface area contributed by atoms with Gasteiger partial charge in [-0.3, -0.25) is 0 Å². The summed E-state index contributed by atoms with van der Waals surface area (Å²) in [5.74, 6) is 0.960. The molecule has 2 aliphatic heterocycles. The fraction of sp³-hybridized carbons (Fsp3) is 0. The van der Waals surface area contributed by atoms with E-state index < -0.39 is 0 Å². The molecule has 2 heterocycles. The molecule has 0 bridgehead atoms. The fourth-order valence-corrected chi connectivity index (χ4v) is 2.58. The Labute approximate surface area is 123 Å². The van der Waals surface area contributed by atoms with Gasteiger partial charge < -0.3 is 4.90 Å². The van der Waals surface area contributed by atoms with E-state index in [1.54, 1.807) is 0 Å². The van der Waals surface area contributed by atoms with Crippen LogP contribution in [0, 0.1) is 0 Å². The van der Waals surface area contributed by atoms with Crippen molar-refractivity contribution in [3.8, 4) is 0 Å². The Kier molecular flexibility index (Phi) is 2.79. The highest BCUT2D eigenvalue weighted by Gasteiger charge is 2.11. The highest BCUT2D eigenvalue weighted by molar-refractivity contribution is 6.00. The van der Waals surface area contributed by atoms with Crippen LogP contribution in [-0.2, 0) is 0 Å². The monoisotopic (exact) mass is 270 g/mol. The molecule has 21 heavy (non-hydrogen) atoms. The first-order valence-electron chi connectivity index (χ1n) is 7.00. The van der Waals surface area contributed by atoms with Crippen LogP contribution in [0.4, 0.5) is 5.69 Å². The summed E-state index contributed by atoms with van der Waals surface area (Å²) in [5, 5.41) is 2.34. The van der Waals surface area contributed by atoms with Gasteiger partial charge in [0.05, 0.1) is 5.69 Å². The molecule has 0 N–H and O–H groups in total. The van der Waals surface area contributed by atoms with Crippen molar-refractivity contribution in [2.45, 2.75) is 0 Å². The first-order valence-corrected chi connectivity index (χ1v) is 7.00. The Balaban J connectivity index is 1.94. The first-order chi connectivity index (χ1) is 10.4. The van der Waals surface area contributed by atoms with Gasteiger partial charge in [0, 0.05) is 17.6 Å². The Bertz CT molecular complexity index is 887. The number of fused-ring (bicyclic) bond motifs is 2. The molecule has 0 spiro atoms. The van der Waals surface area contributed by atoms with Crippen LogP contribution in [-0.4, -0.2) is 10.7 Å². The number of hydrogen-bond donors (Lipinski definition) is 0. The van der Waals surface area contributed by atoms with E-state index in [0.717, 1.165) is 16.7 Å². The van der Waals surface area contributed by atoms with Crippen molar-refractivity contribution >= 4 is 23.8 Å². The van der Waals surface area contributed by atoms with Gasteiger partial charge in [-0.2, -0.15) is 0 Å². The summed E-state index contributed by atoms with van der Waals surface area (Å²) in [6, 6.07) is 16.6. The van der Waals surface area contributed by atoms with Crippen molar-refractivity contribution in [2.75, 3.05) is 0 Å². The van der Waals surface area contributed by atoms with E-state index in [1.165, 1.54) is 10.8 Å². The molecule has 0 saturated heterocycles. The molecule has 2 aromatic carbocycles. The maximum absolute atomic E-state index is 4.72.